The minimum atomic E-state index is 0.266. The van der Waals surface area contributed by atoms with Crippen molar-refractivity contribution in [2.75, 3.05) is 7.05 Å². The van der Waals surface area contributed by atoms with Gasteiger partial charge in [-0.05, 0) is 67.1 Å². The van der Waals surface area contributed by atoms with E-state index in [0.717, 1.165) is 12.8 Å². The van der Waals surface area contributed by atoms with Gasteiger partial charge in [-0.2, -0.15) is 0 Å². The molecule has 0 heterocycles. The maximum absolute atomic E-state index is 3.51. The van der Waals surface area contributed by atoms with E-state index in [1.165, 1.54) is 33.4 Å². The number of hydrogen-bond acceptors (Lipinski definition) is 1. The first-order valence-corrected chi connectivity index (χ1v) is 7.97. The molecule has 0 aliphatic heterocycles. The second kappa shape index (κ2) is 6.91. The maximum atomic E-state index is 3.51. The fourth-order valence-electron chi connectivity index (χ4n) is 3.26. The van der Waals surface area contributed by atoms with Crippen molar-refractivity contribution >= 4 is 0 Å². The predicted molar refractivity (Wildman–Crippen MR) is 92.0 cm³/mol. The number of nitrogens with one attached hydrogen (secondary N) is 1. The Bertz CT molecular complexity index is 593. The molecule has 1 unspecified atom stereocenters. The molecule has 0 aromatic heterocycles. The lowest BCUT2D eigenvalue weighted by atomic mass is 9.89. The molecule has 0 aliphatic carbocycles. The Kier molecular flexibility index (Phi) is 5.19. The highest BCUT2D eigenvalue weighted by Crippen LogP contribution is 2.29. The molecule has 0 amide bonds. The molecule has 2 aromatic carbocycles. The van der Waals surface area contributed by atoms with Gasteiger partial charge >= 0.3 is 0 Å². The van der Waals surface area contributed by atoms with Gasteiger partial charge in [0.25, 0.3) is 0 Å². The Morgan fingerprint density at radius 3 is 2.05 bits per heavy atom. The molecule has 1 nitrogen and oxygen atoms in total. The van der Waals surface area contributed by atoms with Crippen molar-refractivity contribution in [2.24, 2.45) is 0 Å². The summed E-state index contributed by atoms with van der Waals surface area (Å²) in [6, 6.07) is 13.8. The van der Waals surface area contributed by atoms with E-state index in [4.69, 9.17) is 0 Å². The highest BCUT2D eigenvalue weighted by molar-refractivity contribution is 5.44. The summed E-state index contributed by atoms with van der Waals surface area (Å²) in [6.45, 7) is 8.88. The van der Waals surface area contributed by atoms with Gasteiger partial charge in [-0.3, -0.25) is 0 Å². The molecule has 1 N–H and O–H groups in total. The molecule has 1 atom stereocenters. The lowest BCUT2D eigenvalue weighted by molar-refractivity contribution is 0.681. The Hall–Kier alpha value is -1.60. The van der Waals surface area contributed by atoms with Crippen molar-refractivity contribution in [3.8, 4) is 0 Å². The maximum Gasteiger partial charge on any atom is 0.0579 e. The van der Waals surface area contributed by atoms with Crippen LogP contribution in [0.2, 0.25) is 0 Å². The quantitative estimate of drug-likeness (QED) is 0.835. The largest absolute Gasteiger partial charge is 0.309 e. The molecule has 0 saturated heterocycles. The van der Waals surface area contributed by atoms with Crippen LogP contribution in [0, 0.1) is 13.8 Å². The van der Waals surface area contributed by atoms with Gasteiger partial charge in [0.1, 0.15) is 0 Å². The Labute approximate surface area is 129 Å². The first-order valence-electron chi connectivity index (χ1n) is 7.97. The van der Waals surface area contributed by atoms with Crippen LogP contribution in [-0.2, 0) is 12.8 Å². The zero-order valence-corrected chi connectivity index (χ0v) is 14.0. The molecule has 0 aliphatic rings. The molecule has 0 bridgehead atoms. The van der Waals surface area contributed by atoms with E-state index < -0.39 is 0 Å². The first-order chi connectivity index (χ1) is 10.1. The van der Waals surface area contributed by atoms with Crippen LogP contribution in [0.3, 0.4) is 0 Å². The van der Waals surface area contributed by atoms with E-state index in [9.17, 15) is 0 Å². The number of hydrogen-bond donors (Lipinski definition) is 1. The highest BCUT2D eigenvalue weighted by Gasteiger charge is 2.17. The first kappa shape index (κ1) is 15.8. The summed E-state index contributed by atoms with van der Waals surface area (Å²) in [6.07, 6.45) is 2.21. The van der Waals surface area contributed by atoms with Crippen LogP contribution in [-0.4, -0.2) is 7.05 Å². The van der Waals surface area contributed by atoms with Crippen LogP contribution < -0.4 is 5.32 Å². The molecule has 21 heavy (non-hydrogen) atoms. The Morgan fingerprint density at radius 2 is 1.52 bits per heavy atom. The number of aryl methyl sites for hydroxylation is 4. The van der Waals surface area contributed by atoms with Gasteiger partial charge in [0.2, 0.25) is 0 Å². The molecule has 1 heteroatoms. The van der Waals surface area contributed by atoms with E-state index in [0.29, 0.717) is 0 Å². The summed E-state index contributed by atoms with van der Waals surface area (Å²) < 4.78 is 0. The summed E-state index contributed by atoms with van der Waals surface area (Å²) in [5, 5.41) is 3.51. The SMILES string of the molecule is CCc1ccc(C(NC)c2c(C)cccc2C)cc1CC. The molecular weight excluding hydrogens is 254 g/mol. The van der Waals surface area contributed by atoms with Crippen molar-refractivity contribution < 1.29 is 0 Å². The van der Waals surface area contributed by atoms with Gasteiger partial charge in [-0.1, -0.05) is 50.2 Å². The van der Waals surface area contributed by atoms with Crippen LogP contribution in [0.25, 0.3) is 0 Å². The smallest absolute Gasteiger partial charge is 0.0579 e. The summed E-state index contributed by atoms with van der Waals surface area (Å²) in [5.74, 6) is 0. The Morgan fingerprint density at radius 1 is 0.905 bits per heavy atom. The van der Waals surface area contributed by atoms with Gasteiger partial charge in [-0.15, -0.1) is 0 Å². The number of rotatable bonds is 5. The zero-order chi connectivity index (χ0) is 15.4. The molecule has 0 radical (unpaired) electrons. The van der Waals surface area contributed by atoms with E-state index >= 15 is 0 Å². The minimum absolute atomic E-state index is 0.266. The van der Waals surface area contributed by atoms with Gasteiger partial charge in [0.05, 0.1) is 6.04 Å². The molecule has 2 rings (SSSR count). The Balaban J connectivity index is 2.51. The van der Waals surface area contributed by atoms with E-state index in [2.05, 4.69) is 76.5 Å². The lowest BCUT2D eigenvalue weighted by Gasteiger charge is -2.23. The fraction of sp³-hybridized carbons (Fsp3) is 0.400. The lowest BCUT2D eigenvalue weighted by Crippen LogP contribution is -2.20. The summed E-state index contributed by atoms with van der Waals surface area (Å²) >= 11 is 0. The monoisotopic (exact) mass is 281 g/mol. The minimum Gasteiger partial charge on any atom is -0.309 e. The van der Waals surface area contributed by atoms with Gasteiger partial charge in [0.15, 0.2) is 0 Å². The topological polar surface area (TPSA) is 12.0 Å². The standard InChI is InChI=1S/C20H27N/c1-6-16-11-12-18(13-17(16)7-2)20(21-5)19-14(3)9-8-10-15(19)4/h8-13,20-21H,6-7H2,1-5H3. The third-order valence-electron chi connectivity index (χ3n) is 4.44. The molecule has 0 saturated carbocycles. The zero-order valence-electron chi connectivity index (χ0n) is 14.0. The van der Waals surface area contributed by atoms with Gasteiger partial charge in [0, 0.05) is 0 Å². The molecule has 0 spiro atoms. The summed E-state index contributed by atoms with van der Waals surface area (Å²) in [4.78, 5) is 0. The fourth-order valence-corrected chi connectivity index (χ4v) is 3.26. The molecule has 112 valence electrons. The van der Waals surface area contributed by atoms with Crippen molar-refractivity contribution in [1.29, 1.82) is 0 Å². The molecule has 0 fully saturated rings. The highest BCUT2D eigenvalue weighted by atomic mass is 14.9. The van der Waals surface area contributed by atoms with E-state index in [-0.39, 0.29) is 6.04 Å². The summed E-state index contributed by atoms with van der Waals surface area (Å²) in [7, 11) is 2.05. The van der Waals surface area contributed by atoms with Crippen LogP contribution in [0.5, 0.6) is 0 Å². The van der Waals surface area contributed by atoms with E-state index in [1.807, 2.05) is 0 Å². The van der Waals surface area contributed by atoms with Crippen LogP contribution >= 0.6 is 0 Å². The van der Waals surface area contributed by atoms with Crippen LogP contribution in [0.1, 0.15) is 53.3 Å². The second-order valence-corrected chi connectivity index (χ2v) is 5.76. The van der Waals surface area contributed by atoms with Gasteiger partial charge in [-0.25, -0.2) is 0 Å². The average molecular weight is 281 g/mol. The van der Waals surface area contributed by atoms with Gasteiger partial charge < -0.3 is 5.32 Å². The van der Waals surface area contributed by atoms with E-state index in [1.54, 1.807) is 0 Å². The van der Waals surface area contributed by atoms with Crippen molar-refractivity contribution in [2.45, 2.75) is 46.6 Å². The predicted octanol–water partition coefficient (Wildman–Crippen LogP) is 4.74. The average Bonchev–Trinajstić information content (AvgIpc) is 2.50. The van der Waals surface area contributed by atoms with Crippen molar-refractivity contribution in [3.63, 3.8) is 0 Å². The van der Waals surface area contributed by atoms with Crippen molar-refractivity contribution in [3.05, 3.63) is 69.8 Å². The second-order valence-electron chi connectivity index (χ2n) is 5.76. The molecule has 2 aromatic rings. The van der Waals surface area contributed by atoms with Crippen LogP contribution in [0.15, 0.2) is 36.4 Å². The van der Waals surface area contributed by atoms with Crippen LogP contribution in [0.4, 0.5) is 0 Å². The number of benzene rings is 2. The third-order valence-corrected chi connectivity index (χ3v) is 4.44. The third kappa shape index (κ3) is 3.19. The van der Waals surface area contributed by atoms with Crippen molar-refractivity contribution in [1.82, 2.24) is 5.32 Å². The molecular formula is C20H27N. The normalized spacial score (nSPS) is 12.4. The summed E-state index contributed by atoms with van der Waals surface area (Å²) in [5.41, 5.74) is 8.42.